The molecule has 0 fully saturated rings. The highest BCUT2D eigenvalue weighted by Gasteiger charge is 2.20. The third-order valence-corrected chi connectivity index (χ3v) is 3.49. The molecule has 1 atom stereocenters. The predicted molar refractivity (Wildman–Crippen MR) is 80.0 cm³/mol. The number of amides is 1. The van der Waals surface area contributed by atoms with Crippen LogP contribution in [0.5, 0.6) is 0 Å². The minimum Gasteiger partial charge on any atom is -0.335 e. The van der Waals surface area contributed by atoms with E-state index < -0.39 is 4.92 Å². The number of nitro groups is 1. The number of non-ortho nitro benzene ring substituents is 1. The molecule has 0 aliphatic rings. The largest absolute Gasteiger partial charge is 0.335 e. The van der Waals surface area contributed by atoms with E-state index in [0.29, 0.717) is 5.56 Å². The molecule has 0 radical (unpaired) electrons. The monoisotopic (exact) mass is 284 g/mol. The molecule has 1 amide bonds. The summed E-state index contributed by atoms with van der Waals surface area (Å²) >= 11 is 0. The molecule has 5 nitrogen and oxygen atoms in total. The van der Waals surface area contributed by atoms with Gasteiger partial charge in [0.2, 0.25) is 0 Å². The molecule has 0 saturated carbocycles. The smallest absolute Gasteiger partial charge is 0.269 e. The summed E-state index contributed by atoms with van der Waals surface area (Å²) in [6.07, 6.45) is 0. The van der Waals surface area contributed by atoms with E-state index in [1.165, 1.54) is 12.1 Å². The molecule has 0 aromatic heterocycles. The molecule has 0 spiro atoms. The lowest BCUT2D eigenvalue weighted by Crippen LogP contribution is -2.29. The van der Waals surface area contributed by atoms with Crippen LogP contribution in [-0.2, 0) is 0 Å². The number of hydrogen-bond donors (Lipinski definition) is 0. The number of benzene rings is 2. The van der Waals surface area contributed by atoms with Crippen LogP contribution in [0.15, 0.2) is 54.6 Å². The molecule has 2 aromatic carbocycles. The molecule has 5 heteroatoms. The summed E-state index contributed by atoms with van der Waals surface area (Å²) in [5, 5.41) is 10.8. The highest BCUT2D eigenvalue weighted by Crippen LogP contribution is 2.24. The van der Waals surface area contributed by atoms with Gasteiger partial charge in [-0.2, -0.15) is 0 Å². The summed E-state index contributed by atoms with van der Waals surface area (Å²) in [5.41, 5.74) is 1.35. The Morgan fingerprint density at radius 1 is 1.14 bits per heavy atom. The molecule has 0 heterocycles. The Labute approximate surface area is 123 Å². The highest BCUT2D eigenvalue weighted by molar-refractivity contribution is 5.94. The van der Waals surface area contributed by atoms with Gasteiger partial charge in [-0.15, -0.1) is 0 Å². The van der Waals surface area contributed by atoms with E-state index in [4.69, 9.17) is 0 Å². The fourth-order valence-electron chi connectivity index (χ4n) is 2.08. The highest BCUT2D eigenvalue weighted by atomic mass is 16.6. The van der Waals surface area contributed by atoms with Gasteiger partial charge in [0.25, 0.3) is 11.6 Å². The molecular formula is C16H16N2O3. The maximum Gasteiger partial charge on any atom is 0.269 e. The van der Waals surface area contributed by atoms with E-state index in [2.05, 4.69) is 0 Å². The first-order valence-corrected chi connectivity index (χ1v) is 6.57. The summed E-state index contributed by atoms with van der Waals surface area (Å²) in [7, 11) is 1.69. The lowest BCUT2D eigenvalue weighted by Gasteiger charge is -2.25. The van der Waals surface area contributed by atoms with Crippen molar-refractivity contribution >= 4 is 11.6 Å². The normalized spacial score (nSPS) is 11.7. The summed E-state index contributed by atoms with van der Waals surface area (Å²) < 4.78 is 0. The lowest BCUT2D eigenvalue weighted by molar-refractivity contribution is -0.384. The van der Waals surface area contributed by atoms with Gasteiger partial charge >= 0.3 is 0 Å². The van der Waals surface area contributed by atoms with E-state index in [1.54, 1.807) is 48.3 Å². The molecule has 0 aliphatic carbocycles. The topological polar surface area (TPSA) is 63.5 Å². The van der Waals surface area contributed by atoms with E-state index in [0.717, 1.165) is 5.56 Å². The number of carbonyl (C=O) groups excluding carboxylic acids is 1. The van der Waals surface area contributed by atoms with Crippen LogP contribution in [0.2, 0.25) is 0 Å². The molecule has 21 heavy (non-hydrogen) atoms. The Kier molecular flexibility index (Phi) is 4.33. The molecule has 0 unspecified atom stereocenters. The lowest BCUT2D eigenvalue weighted by atomic mass is 10.1. The Bertz CT molecular complexity index is 656. The van der Waals surface area contributed by atoms with Crippen molar-refractivity contribution in [1.29, 1.82) is 0 Å². The Morgan fingerprint density at radius 3 is 2.43 bits per heavy atom. The van der Waals surface area contributed by atoms with Crippen molar-refractivity contribution in [2.24, 2.45) is 0 Å². The predicted octanol–water partition coefficient (Wildman–Crippen LogP) is 3.43. The molecular weight excluding hydrogens is 268 g/mol. The van der Waals surface area contributed by atoms with Crippen LogP contribution in [0.1, 0.15) is 28.9 Å². The first-order chi connectivity index (χ1) is 10.0. The third-order valence-electron chi connectivity index (χ3n) is 3.49. The maximum absolute atomic E-state index is 12.4. The van der Waals surface area contributed by atoms with Gasteiger partial charge in [-0.3, -0.25) is 14.9 Å². The van der Waals surface area contributed by atoms with Crippen LogP contribution in [0.3, 0.4) is 0 Å². The van der Waals surface area contributed by atoms with E-state index >= 15 is 0 Å². The average Bonchev–Trinajstić information content (AvgIpc) is 2.53. The zero-order chi connectivity index (χ0) is 15.4. The fraction of sp³-hybridized carbons (Fsp3) is 0.188. The van der Waals surface area contributed by atoms with Gasteiger partial charge in [-0.1, -0.05) is 30.3 Å². The molecule has 0 N–H and O–H groups in total. The van der Waals surface area contributed by atoms with Crippen molar-refractivity contribution in [2.75, 3.05) is 7.05 Å². The van der Waals surface area contributed by atoms with Gasteiger partial charge in [0.1, 0.15) is 0 Å². The summed E-state index contributed by atoms with van der Waals surface area (Å²) in [6.45, 7) is 1.85. The van der Waals surface area contributed by atoms with Crippen LogP contribution in [0, 0.1) is 10.1 Å². The van der Waals surface area contributed by atoms with Crippen molar-refractivity contribution in [2.45, 2.75) is 13.0 Å². The second-order valence-electron chi connectivity index (χ2n) is 4.81. The number of nitrogens with zero attached hydrogens (tertiary/aromatic N) is 2. The van der Waals surface area contributed by atoms with Gasteiger partial charge in [0.05, 0.1) is 11.0 Å². The fourth-order valence-corrected chi connectivity index (χ4v) is 2.08. The molecule has 0 aliphatic heterocycles. The zero-order valence-electron chi connectivity index (χ0n) is 11.9. The summed E-state index contributed by atoms with van der Waals surface area (Å²) in [6, 6.07) is 15.1. The molecule has 0 bridgehead atoms. The van der Waals surface area contributed by atoms with E-state index in [1.807, 2.05) is 13.0 Å². The minimum absolute atomic E-state index is 0.0277. The second-order valence-corrected chi connectivity index (χ2v) is 4.81. The molecule has 2 rings (SSSR count). The van der Waals surface area contributed by atoms with Gasteiger partial charge in [0, 0.05) is 24.7 Å². The number of carbonyl (C=O) groups is 1. The van der Waals surface area contributed by atoms with Gasteiger partial charge in [-0.05, 0) is 24.6 Å². The van der Waals surface area contributed by atoms with Crippen molar-refractivity contribution in [1.82, 2.24) is 4.90 Å². The van der Waals surface area contributed by atoms with Crippen molar-refractivity contribution < 1.29 is 9.72 Å². The molecule has 2 aromatic rings. The van der Waals surface area contributed by atoms with Crippen LogP contribution >= 0.6 is 0 Å². The van der Waals surface area contributed by atoms with Crippen molar-refractivity contribution in [3.05, 3.63) is 75.8 Å². The van der Waals surface area contributed by atoms with E-state index in [-0.39, 0.29) is 17.6 Å². The number of hydrogen-bond acceptors (Lipinski definition) is 3. The third kappa shape index (κ3) is 3.25. The van der Waals surface area contributed by atoms with Gasteiger partial charge in [-0.25, -0.2) is 0 Å². The maximum atomic E-state index is 12.4. The van der Waals surface area contributed by atoms with Crippen molar-refractivity contribution in [3.63, 3.8) is 0 Å². The molecule has 0 saturated heterocycles. The van der Waals surface area contributed by atoms with Crippen LogP contribution in [0.25, 0.3) is 0 Å². The van der Waals surface area contributed by atoms with Crippen LogP contribution in [0.4, 0.5) is 5.69 Å². The van der Waals surface area contributed by atoms with Gasteiger partial charge < -0.3 is 4.90 Å². The average molecular weight is 284 g/mol. The molecule has 108 valence electrons. The Morgan fingerprint density at radius 2 is 1.81 bits per heavy atom. The SMILES string of the molecule is C[C@H](c1cccc([N+](=O)[O-])c1)N(C)C(=O)c1ccccc1. The second kappa shape index (κ2) is 6.17. The van der Waals surface area contributed by atoms with E-state index in [9.17, 15) is 14.9 Å². The standard InChI is InChI=1S/C16H16N2O3/c1-12(14-9-6-10-15(11-14)18(20)21)17(2)16(19)13-7-4-3-5-8-13/h3-12H,1-2H3/t12-/m1/s1. The summed E-state index contributed by atoms with van der Waals surface area (Å²) in [5.74, 6) is -0.116. The van der Waals surface area contributed by atoms with Gasteiger partial charge in [0.15, 0.2) is 0 Å². The number of rotatable bonds is 4. The minimum atomic E-state index is -0.435. The first-order valence-electron chi connectivity index (χ1n) is 6.57. The number of nitro benzene ring substituents is 1. The Hall–Kier alpha value is -2.69. The van der Waals surface area contributed by atoms with Crippen LogP contribution < -0.4 is 0 Å². The van der Waals surface area contributed by atoms with Crippen molar-refractivity contribution in [3.8, 4) is 0 Å². The van der Waals surface area contributed by atoms with Crippen LogP contribution in [-0.4, -0.2) is 22.8 Å². The quantitative estimate of drug-likeness (QED) is 0.638. The first kappa shape index (κ1) is 14.7. The summed E-state index contributed by atoms with van der Waals surface area (Å²) in [4.78, 5) is 24.3. The Balaban J connectivity index is 2.23. The zero-order valence-corrected chi connectivity index (χ0v) is 11.9.